The van der Waals surface area contributed by atoms with Crippen molar-refractivity contribution in [1.82, 2.24) is 10.2 Å². The van der Waals surface area contributed by atoms with Crippen LogP contribution in [0.25, 0.3) is 0 Å². The third-order valence-corrected chi connectivity index (χ3v) is 8.62. The van der Waals surface area contributed by atoms with Gasteiger partial charge in [-0.25, -0.2) is 4.68 Å². The minimum absolute atomic E-state index is 0.0279. The molecule has 3 aromatic carbocycles. The van der Waals surface area contributed by atoms with E-state index < -0.39 is 27.9 Å². The molecule has 13 nitrogen and oxygen atoms in total. The predicted molar refractivity (Wildman–Crippen MR) is 167 cm³/mol. The van der Waals surface area contributed by atoms with E-state index in [1.54, 1.807) is 73.8 Å². The highest BCUT2D eigenvalue weighted by atomic mass is 32.2. The van der Waals surface area contributed by atoms with Crippen LogP contribution in [0.5, 0.6) is 0 Å². The number of hydrogen-bond acceptors (Lipinski definition) is 7. The van der Waals surface area contributed by atoms with E-state index in [1.165, 1.54) is 33.5 Å². The van der Waals surface area contributed by atoms with Gasteiger partial charge in [-0.1, -0.05) is 35.9 Å². The second-order valence-electron chi connectivity index (χ2n) is 10.3. The molecule has 2 N–H and O–H groups in total. The van der Waals surface area contributed by atoms with Crippen molar-refractivity contribution in [2.75, 3.05) is 15.5 Å². The Morgan fingerprint density at radius 2 is 1.62 bits per heavy atom. The molecule has 1 saturated heterocycles. The number of para-hydroxylation sites is 1. The van der Waals surface area contributed by atoms with Gasteiger partial charge in [0.15, 0.2) is 5.11 Å². The largest absolute Gasteiger partial charge is 0.486 e. The highest BCUT2D eigenvalue weighted by Crippen LogP contribution is 2.28. The summed E-state index contributed by atoms with van der Waals surface area (Å²) < 4.78 is 36.6. The molecule has 5 rings (SSSR count). The lowest BCUT2D eigenvalue weighted by molar-refractivity contribution is -0.752. The molecular formula is C30H29N7O6S2. The van der Waals surface area contributed by atoms with Gasteiger partial charge in [0.05, 0.1) is 17.0 Å². The van der Waals surface area contributed by atoms with Crippen LogP contribution in [0.15, 0.2) is 92.7 Å². The quantitative estimate of drug-likeness (QED) is 0.205. The Hall–Kier alpha value is -5.15. The van der Waals surface area contributed by atoms with Crippen LogP contribution in [-0.2, 0) is 38.0 Å². The zero-order chi connectivity index (χ0) is 32.3. The number of carbonyl (C=O) groups is 3. The standard InChI is InChI=1S/C30H29N7O6S2/c1-19-9-15-24(16-10-19)45(41,42)33-28-26(35(3)34-43-28)18-36-25(29(40)37(30(36)44)23-7-5-4-6-8-23)17-27(39)32-22-13-11-21(12-14-22)31-20(2)38/h4-16,25H,17-18H2,1-3H3,(H,31,38)(H,32,39)/b33-28-. The average Bonchev–Trinajstić information content (AvgIpc) is 3.44. The van der Waals surface area contributed by atoms with Crippen LogP contribution in [0.4, 0.5) is 17.1 Å². The number of aromatic nitrogens is 2. The van der Waals surface area contributed by atoms with E-state index in [4.69, 9.17) is 16.7 Å². The summed E-state index contributed by atoms with van der Waals surface area (Å²) >= 11 is 5.74. The number of hydrogen-bond donors (Lipinski definition) is 2. The lowest BCUT2D eigenvalue weighted by Crippen LogP contribution is -2.45. The van der Waals surface area contributed by atoms with E-state index in [0.717, 1.165) is 5.56 Å². The molecule has 232 valence electrons. The number of benzene rings is 3. The molecule has 1 atom stereocenters. The maximum absolute atomic E-state index is 13.8. The molecule has 1 aliphatic heterocycles. The summed E-state index contributed by atoms with van der Waals surface area (Å²) in [5, 5.41) is 9.38. The first kappa shape index (κ1) is 31.3. The van der Waals surface area contributed by atoms with Gasteiger partial charge < -0.3 is 20.1 Å². The van der Waals surface area contributed by atoms with E-state index in [2.05, 4.69) is 20.3 Å². The molecule has 2 heterocycles. The van der Waals surface area contributed by atoms with Gasteiger partial charge in [0.2, 0.25) is 11.8 Å². The van der Waals surface area contributed by atoms with Gasteiger partial charge in [0, 0.05) is 18.3 Å². The van der Waals surface area contributed by atoms with Crippen LogP contribution in [0.3, 0.4) is 0 Å². The number of sulfonamides is 1. The molecule has 0 bridgehead atoms. The van der Waals surface area contributed by atoms with E-state index in [0.29, 0.717) is 17.1 Å². The smallest absolute Gasteiger partial charge is 0.289 e. The highest BCUT2D eigenvalue weighted by molar-refractivity contribution is 7.90. The Bertz CT molecular complexity index is 1940. The van der Waals surface area contributed by atoms with Gasteiger partial charge in [0.1, 0.15) is 19.6 Å². The van der Waals surface area contributed by atoms with Crippen LogP contribution < -0.4 is 31.0 Å². The van der Waals surface area contributed by atoms with E-state index in [-0.39, 0.29) is 40.1 Å². The fraction of sp³-hybridized carbons (Fsp3) is 0.200. The molecule has 0 spiro atoms. The topological polar surface area (TPSA) is 159 Å². The van der Waals surface area contributed by atoms with Gasteiger partial charge >= 0.3 is 0 Å². The fourth-order valence-corrected chi connectivity index (χ4v) is 6.00. The van der Waals surface area contributed by atoms with Crippen LogP contribution in [0, 0.1) is 6.92 Å². The zero-order valence-electron chi connectivity index (χ0n) is 24.5. The Balaban J connectivity index is 1.45. The normalized spacial score (nSPS) is 15.4. The van der Waals surface area contributed by atoms with Crippen molar-refractivity contribution < 1.29 is 32.0 Å². The number of nitrogens with one attached hydrogen (secondary N) is 2. The van der Waals surface area contributed by atoms with Crippen LogP contribution in [0.2, 0.25) is 0 Å². The SMILES string of the molecule is CC(=O)Nc1ccc(NC(=O)CC2C(=O)N(c3ccccc3)C(=S)N2Cc2/c(=N/S(=O)(=O)c3ccc(C)cc3)o[n-][n+]2C)cc1. The molecule has 1 unspecified atom stereocenters. The first-order chi connectivity index (χ1) is 21.4. The number of nitrogens with zero attached hydrogens (tertiary/aromatic N) is 5. The summed E-state index contributed by atoms with van der Waals surface area (Å²) in [6, 6.07) is 20.4. The number of amides is 3. The summed E-state index contributed by atoms with van der Waals surface area (Å²) in [7, 11) is -2.63. The van der Waals surface area contributed by atoms with E-state index in [1.807, 2.05) is 6.92 Å². The monoisotopic (exact) mass is 647 g/mol. The number of aryl methyl sites for hydroxylation is 2. The Kier molecular flexibility index (Phi) is 8.92. The van der Waals surface area contributed by atoms with Gasteiger partial charge in [-0.2, -0.15) is 8.42 Å². The van der Waals surface area contributed by atoms with Gasteiger partial charge in [-0.05, 0) is 67.7 Å². The number of carbonyl (C=O) groups excluding carboxylic acids is 3. The predicted octanol–water partition coefficient (Wildman–Crippen LogP) is 2.15. The maximum atomic E-state index is 13.8. The molecule has 0 aliphatic carbocycles. The van der Waals surface area contributed by atoms with Crippen molar-refractivity contribution in [2.45, 2.75) is 37.8 Å². The molecule has 45 heavy (non-hydrogen) atoms. The minimum Gasteiger partial charge on any atom is -0.486 e. The molecule has 1 aromatic heterocycles. The van der Waals surface area contributed by atoms with Crippen LogP contribution in [-0.4, -0.2) is 42.2 Å². The summed E-state index contributed by atoms with van der Waals surface area (Å²) in [4.78, 5) is 41.2. The number of anilines is 3. The lowest BCUT2D eigenvalue weighted by Gasteiger charge is -2.22. The van der Waals surface area contributed by atoms with E-state index in [9.17, 15) is 22.8 Å². The average molecular weight is 648 g/mol. The molecule has 4 aromatic rings. The minimum atomic E-state index is -4.17. The second-order valence-corrected chi connectivity index (χ2v) is 12.2. The summed E-state index contributed by atoms with van der Waals surface area (Å²) in [5.74, 6) is -1.13. The molecular weight excluding hydrogens is 619 g/mol. The highest BCUT2D eigenvalue weighted by Gasteiger charge is 2.45. The van der Waals surface area contributed by atoms with Crippen molar-refractivity contribution in [1.29, 1.82) is 0 Å². The van der Waals surface area contributed by atoms with Crippen LogP contribution in [0.1, 0.15) is 24.6 Å². The number of thiocarbonyl (C=S) groups is 1. The van der Waals surface area contributed by atoms with Gasteiger partial charge in [0.25, 0.3) is 27.2 Å². The Morgan fingerprint density at radius 1 is 1.00 bits per heavy atom. The fourth-order valence-electron chi connectivity index (χ4n) is 4.67. The molecule has 0 radical (unpaired) electrons. The summed E-state index contributed by atoms with van der Waals surface area (Å²) in [6.07, 6.45) is -0.279. The second kappa shape index (κ2) is 12.8. The van der Waals surface area contributed by atoms with Crippen molar-refractivity contribution in [3.05, 3.63) is 95.7 Å². The third-order valence-electron chi connectivity index (χ3n) is 6.93. The lowest BCUT2D eigenvalue weighted by atomic mass is 10.1. The van der Waals surface area contributed by atoms with Crippen molar-refractivity contribution in [3.8, 4) is 0 Å². The molecule has 3 amide bonds. The van der Waals surface area contributed by atoms with E-state index >= 15 is 0 Å². The number of rotatable bonds is 9. The first-order valence-electron chi connectivity index (χ1n) is 13.7. The zero-order valence-corrected chi connectivity index (χ0v) is 26.1. The van der Waals surface area contributed by atoms with Gasteiger partial charge in [-0.3, -0.25) is 24.6 Å². The molecule has 1 fully saturated rings. The summed E-state index contributed by atoms with van der Waals surface area (Å²) in [5.41, 5.74) is 2.35. The van der Waals surface area contributed by atoms with Gasteiger partial charge in [-0.15, -0.1) is 4.40 Å². The Labute approximate surface area is 264 Å². The Morgan fingerprint density at radius 3 is 2.24 bits per heavy atom. The van der Waals surface area contributed by atoms with Crippen LogP contribution >= 0.6 is 12.2 Å². The summed E-state index contributed by atoms with van der Waals surface area (Å²) in [6.45, 7) is 3.09. The maximum Gasteiger partial charge on any atom is 0.289 e. The first-order valence-corrected chi connectivity index (χ1v) is 15.5. The van der Waals surface area contributed by atoms with Crippen molar-refractivity contribution >= 4 is 62.1 Å². The van der Waals surface area contributed by atoms with Crippen molar-refractivity contribution in [2.24, 2.45) is 11.4 Å². The van der Waals surface area contributed by atoms with Crippen molar-refractivity contribution in [3.63, 3.8) is 0 Å². The molecule has 1 aliphatic rings. The molecule has 15 heteroatoms. The molecule has 0 saturated carbocycles. The third kappa shape index (κ3) is 6.99.